The Balaban J connectivity index is 2.31. The first-order chi connectivity index (χ1) is 11.4. The highest BCUT2D eigenvalue weighted by atomic mass is 16.3. The Morgan fingerprint density at radius 2 is 1.96 bits per heavy atom. The van der Waals surface area contributed by atoms with Crippen molar-refractivity contribution in [2.45, 2.75) is 66.2 Å². The Labute approximate surface area is 145 Å². The molecule has 1 N–H and O–H groups in total. The van der Waals surface area contributed by atoms with E-state index in [1.54, 1.807) is 0 Å². The van der Waals surface area contributed by atoms with E-state index in [2.05, 4.69) is 33.8 Å². The normalized spacial score (nSPS) is 25.2. The van der Waals surface area contributed by atoms with Gasteiger partial charge in [0, 0.05) is 11.5 Å². The molecule has 2 aliphatic carbocycles. The number of Topliss-reactive ketones (excluding diaryl/α,β-unsaturated/α-hetero) is 1. The van der Waals surface area contributed by atoms with Crippen LogP contribution in [-0.4, -0.2) is 16.7 Å². The van der Waals surface area contributed by atoms with Gasteiger partial charge >= 0.3 is 0 Å². The molecule has 0 heterocycles. The largest absolute Gasteiger partial charge is 0.504 e. The van der Waals surface area contributed by atoms with Gasteiger partial charge in [-0.05, 0) is 50.5 Å². The summed E-state index contributed by atoms with van der Waals surface area (Å²) in [6.45, 7) is 8.44. The fourth-order valence-corrected chi connectivity index (χ4v) is 3.90. The topological polar surface area (TPSA) is 54.4 Å². The number of hydrogen-bond donors (Lipinski definition) is 1. The molecule has 0 spiro atoms. The third kappa shape index (κ3) is 3.88. The molecule has 1 unspecified atom stereocenters. The van der Waals surface area contributed by atoms with Crippen LogP contribution in [0, 0.1) is 17.8 Å². The van der Waals surface area contributed by atoms with E-state index in [9.17, 15) is 14.7 Å². The number of aliphatic hydroxyl groups excluding tert-OH is 1. The fraction of sp³-hybridized carbons (Fsp3) is 0.619. The average Bonchev–Trinajstić information content (AvgIpc) is 2.52. The van der Waals surface area contributed by atoms with Crippen LogP contribution in [0.1, 0.15) is 66.2 Å². The van der Waals surface area contributed by atoms with Crippen molar-refractivity contribution >= 4 is 11.6 Å². The maximum absolute atomic E-state index is 12.7. The van der Waals surface area contributed by atoms with Crippen LogP contribution in [-0.2, 0) is 9.59 Å². The van der Waals surface area contributed by atoms with Crippen molar-refractivity contribution in [3.8, 4) is 0 Å². The van der Waals surface area contributed by atoms with Gasteiger partial charge in [-0.2, -0.15) is 0 Å². The van der Waals surface area contributed by atoms with Crippen LogP contribution in [0.4, 0.5) is 0 Å². The zero-order chi connectivity index (χ0) is 17.9. The van der Waals surface area contributed by atoms with E-state index in [4.69, 9.17) is 0 Å². The lowest BCUT2D eigenvalue weighted by atomic mass is 9.69. The first-order valence-electron chi connectivity index (χ1n) is 9.26. The Bertz CT molecular complexity index is 605. The van der Waals surface area contributed by atoms with Crippen molar-refractivity contribution in [2.75, 3.05) is 0 Å². The van der Waals surface area contributed by atoms with Crippen molar-refractivity contribution < 1.29 is 14.7 Å². The van der Waals surface area contributed by atoms with Crippen LogP contribution < -0.4 is 0 Å². The summed E-state index contributed by atoms with van der Waals surface area (Å²) in [4.78, 5) is 25.2. The molecule has 0 amide bonds. The lowest BCUT2D eigenvalue weighted by molar-refractivity contribution is -0.118. The molecular weight excluding hydrogens is 300 g/mol. The molecule has 2 aliphatic rings. The van der Waals surface area contributed by atoms with E-state index in [0.717, 1.165) is 32.1 Å². The Hall–Kier alpha value is -1.64. The Morgan fingerprint density at radius 1 is 1.25 bits per heavy atom. The highest BCUT2D eigenvalue weighted by Gasteiger charge is 2.37. The third-order valence-electron chi connectivity index (χ3n) is 5.37. The van der Waals surface area contributed by atoms with E-state index in [1.807, 2.05) is 0 Å². The summed E-state index contributed by atoms with van der Waals surface area (Å²) in [6.07, 6.45) is 9.11. The molecule has 3 nitrogen and oxygen atoms in total. The number of ketones is 2. The lowest BCUT2D eigenvalue weighted by Crippen LogP contribution is -2.31. The molecule has 0 saturated carbocycles. The van der Waals surface area contributed by atoms with E-state index in [-0.39, 0.29) is 29.2 Å². The quantitative estimate of drug-likeness (QED) is 0.419. The number of carbonyl (C=O) groups excluding carboxylic acids is 2. The van der Waals surface area contributed by atoms with Gasteiger partial charge in [-0.3, -0.25) is 9.59 Å². The zero-order valence-electron chi connectivity index (χ0n) is 15.4. The predicted molar refractivity (Wildman–Crippen MR) is 96.7 cm³/mol. The molecular formula is C21H30O3. The zero-order valence-corrected chi connectivity index (χ0v) is 15.4. The third-order valence-corrected chi connectivity index (χ3v) is 5.37. The van der Waals surface area contributed by atoms with Crippen LogP contribution >= 0.6 is 0 Å². The number of rotatable bonds is 6. The van der Waals surface area contributed by atoms with Gasteiger partial charge in [0.05, 0.1) is 5.57 Å². The summed E-state index contributed by atoms with van der Waals surface area (Å²) in [7, 11) is 0. The minimum Gasteiger partial charge on any atom is -0.504 e. The fourth-order valence-electron chi connectivity index (χ4n) is 3.90. The number of allylic oxidation sites excluding steroid dienone is 5. The molecule has 2 rings (SSSR count). The SMILES string of the molecule is CCCCCC1=CC(=O)C(C2C=C(C)CC[C@H]2C(C)C)=C(O)C1=O. The molecule has 2 atom stereocenters. The highest BCUT2D eigenvalue weighted by Crippen LogP contribution is 2.40. The first-order valence-corrected chi connectivity index (χ1v) is 9.26. The summed E-state index contributed by atoms with van der Waals surface area (Å²) < 4.78 is 0. The number of unbranched alkanes of at least 4 members (excludes halogenated alkanes) is 2. The second-order valence-corrected chi connectivity index (χ2v) is 7.57. The van der Waals surface area contributed by atoms with Gasteiger partial charge in [0.1, 0.15) is 0 Å². The predicted octanol–water partition coefficient (Wildman–Crippen LogP) is 5.09. The summed E-state index contributed by atoms with van der Waals surface area (Å²) in [5.41, 5.74) is 2.01. The Kier molecular flexibility index (Phi) is 6.20. The van der Waals surface area contributed by atoms with Gasteiger partial charge < -0.3 is 5.11 Å². The summed E-state index contributed by atoms with van der Waals surface area (Å²) in [5.74, 6) is -0.297. The van der Waals surface area contributed by atoms with Crippen molar-refractivity contribution in [1.29, 1.82) is 0 Å². The molecule has 24 heavy (non-hydrogen) atoms. The van der Waals surface area contributed by atoms with Crippen LogP contribution in [0.15, 0.2) is 34.6 Å². The van der Waals surface area contributed by atoms with E-state index in [1.165, 1.54) is 11.6 Å². The van der Waals surface area contributed by atoms with Gasteiger partial charge in [0.15, 0.2) is 11.5 Å². The molecule has 0 fully saturated rings. The summed E-state index contributed by atoms with van der Waals surface area (Å²) >= 11 is 0. The molecule has 0 aliphatic heterocycles. The molecule has 0 saturated heterocycles. The molecule has 0 radical (unpaired) electrons. The van der Waals surface area contributed by atoms with Gasteiger partial charge in [-0.25, -0.2) is 0 Å². The highest BCUT2D eigenvalue weighted by molar-refractivity contribution is 6.22. The monoisotopic (exact) mass is 330 g/mol. The molecule has 0 aromatic carbocycles. The van der Waals surface area contributed by atoms with Gasteiger partial charge in [-0.1, -0.05) is 45.3 Å². The Morgan fingerprint density at radius 3 is 2.58 bits per heavy atom. The van der Waals surface area contributed by atoms with Crippen LogP contribution in [0.25, 0.3) is 0 Å². The van der Waals surface area contributed by atoms with E-state index < -0.39 is 0 Å². The first kappa shape index (κ1) is 18.7. The van der Waals surface area contributed by atoms with Crippen molar-refractivity contribution in [3.63, 3.8) is 0 Å². The maximum atomic E-state index is 12.7. The summed E-state index contributed by atoms with van der Waals surface area (Å²) in [6, 6.07) is 0. The number of aliphatic hydroxyl groups is 1. The van der Waals surface area contributed by atoms with Crippen LogP contribution in [0.3, 0.4) is 0 Å². The van der Waals surface area contributed by atoms with Gasteiger partial charge in [-0.15, -0.1) is 0 Å². The van der Waals surface area contributed by atoms with Crippen molar-refractivity contribution in [2.24, 2.45) is 17.8 Å². The summed E-state index contributed by atoms with van der Waals surface area (Å²) in [5, 5.41) is 10.5. The van der Waals surface area contributed by atoms with Crippen LogP contribution in [0.5, 0.6) is 0 Å². The molecule has 3 heteroatoms. The van der Waals surface area contributed by atoms with Gasteiger partial charge in [0.2, 0.25) is 5.78 Å². The van der Waals surface area contributed by atoms with Crippen molar-refractivity contribution in [3.05, 3.63) is 34.6 Å². The van der Waals surface area contributed by atoms with Crippen molar-refractivity contribution in [1.82, 2.24) is 0 Å². The van der Waals surface area contributed by atoms with E-state index >= 15 is 0 Å². The second kappa shape index (κ2) is 7.96. The van der Waals surface area contributed by atoms with Gasteiger partial charge in [0.25, 0.3) is 0 Å². The minimum absolute atomic E-state index is 0.149. The number of hydrogen-bond acceptors (Lipinski definition) is 3. The van der Waals surface area contributed by atoms with E-state index in [0.29, 0.717) is 23.5 Å². The molecule has 132 valence electrons. The minimum atomic E-state index is -0.347. The number of carbonyl (C=O) groups is 2. The smallest absolute Gasteiger partial charge is 0.223 e. The molecule has 0 bridgehead atoms. The lowest BCUT2D eigenvalue weighted by Gasteiger charge is -2.34. The standard InChI is InChI=1S/C21H30O3/c1-5-6-7-8-15-12-18(22)19(21(24)20(15)23)17-11-14(4)9-10-16(17)13(2)3/h11-13,16-17,24H,5-10H2,1-4H3/t16-,17?/m0/s1. The second-order valence-electron chi connectivity index (χ2n) is 7.57. The maximum Gasteiger partial charge on any atom is 0.223 e. The molecule has 0 aromatic heterocycles. The van der Waals surface area contributed by atoms with Crippen LogP contribution in [0.2, 0.25) is 0 Å². The molecule has 0 aromatic rings. The average molecular weight is 330 g/mol.